The molecule has 4 rings (SSSR count). The molecule has 0 aliphatic carbocycles. The molecule has 0 atom stereocenters. The first-order chi connectivity index (χ1) is 15.0. The molecule has 0 aromatic heterocycles. The number of carbonyl (C=O) groups is 2. The molecule has 0 amide bonds. The van der Waals surface area contributed by atoms with E-state index in [0.29, 0.717) is 55.5 Å². The fraction of sp³-hybridized carbons (Fsp3) is 0.217. The lowest BCUT2D eigenvalue weighted by molar-refractivity contribution is -0.303. The highest BCUT2D eigenvalue weighted by atomic mass is 16.5. The van der Waals surface area contributed by atoms with Crippen molar-refractivity contribution in [1.29, 1.82) is 0 Å². The van der Waals surface area contributed by atoms with Gasteiger partial charge in [-0.25, -0.2) is 0 Å². The molecule has 0 saturated carbocycles. The summed E-state index contributed by atoms with van der Waals surface area (Å²) >= 11 is 0. The Morgan fingerprint density at radius 3 is 1.65 bits per heavy atom. The van der Waals surface area contributed by atoms with E-state index in [4.69, 9.17) is 18.9 Å². The van der Waals surface area contributed by atoms with Crippen LogP contribution in [0.4, 0.5) is 0 Å². The standard InChI is InChI=1S/C23H20O8/c24-22(25)20-10-8-14-16(4-1-6-18(14)30-20)28-12-3-13-29-17-5-2-7-19-15(17)9-11-21(31-19)23(26)27/h1-2,4-7,10-11H,3,8-9,12-13H2,(H,24,25)(H,26,27)/p-2. The van der Waals surface area contributed by atoms with E-state index < -0.39 is 11.9 Å². The molecular formula is C23H18O8-2. The highest BCUT2D eigenvalue weighted by Gasteiger charge is 2.18. The molecule has 8 nitrogen and oxygen atoms in total. The van der Waals surface area contributed by atoms with Gasteiger partial charge in [-0.3, -0.25) is 0 Å². The first-order valence-corrected chi connectivity index (χ1v) is 9.71. The maximum absolute atomic E-state index is 11.0. The number of carbonyl (C=O) groups excluding carboxylic acids is 2. The Morgan fingerprint density at radius 1 is 0.774 bits per heavy atom. The van der Waals surface area contributed by atoms with Crippen molar-refractivity contribution in [3.05, 3.63) is 71.2 Å². The molecule has 0 fully saturated rings. The van der Waals surface area contributed by atoms with Crippen molar-refractivity contribution in [2.45, 2.75) is 19.3 Å². The van der Waals surface area contributed by atoms with Crippen LogP contribution in [0.5, 0.6) is 23.0 Å². The topological polar surface area (TPSA) is 117 Å². The van der Waals surface area contributed by atoms with Crippen LogP contribution >= 0.6 is 0 Å². The third kappa shape index (κ3) is 4.48. The van der Waals surface area contributed by atoms with Crippen molar-refractivity contribution in [3.8, 4) is 23.0 Å². The summed E-state index contributed by atoms with van der Waals surface area (Å²) in [5.41, 5.74) is 1.55. The van der Waals surface area contributed by atoms with Crippen molar-refractivity contribution in [2.24, 2.45) is 0 Å². The number of hydrogen-bond donors (Lipinski definition) is 0. The van der Waals surface area contributed by atoms with Crippen LogP contribution in [0.2, 0.25) is 0 Å². The van der Waals surface area contributed by atoms with Gasteiger partial charge in [-0.2, -0.15) is 0 Å². The molecule has 2 aliphatic heterocycles. The van der Waals surface area contributed by atoms with Gasteiger partial charge in [0, 0.05) is 30.4 Å². The van der Waals surface area contributed by atoms with Gasteiger partial charge < -0.3 is 38.7 Å². The Kier molecular flexibility index (Phi) is 5.79. The fourth-order valence-electron chi connectivity index (χ4n) is 3.34. The highest BCUT2D eigenvalue weighted by Crippen LogP contribution is 2.35. The molecule has 31 heavy (non-hydrogen) atoms. The minimum absolute atomic E-state index is 0.199. The number of carboxylic acid groups (broad SMARTS) is 2. The summed E-state index contributed by atoms with van der Waals surface area (Å²) in [5.74, 6) is -0.980. The third-order valence-corrected chi connectivity index (χ3v) is 4.81. The molecule has 0 spiro atoms. The number of carboxylic acids is 2. The first-order valence-electron chi connectivity index (χ1n) is 9.71. The Balaban J connectivity index is 1.30. The highest BCUT2D eigenvalue weighted by molar-refractivity contribution is 5.84. The Bertz CT molecular complexity index is 997. The molecule has 2 aromatic rings. The molecular weight excluding hydrogens is 404 g/mol. The summed E-state index contributed by atoms with van der Waals surface area (Å²) in [6, 6.07) is 10.4. The largest absolute Gasteiger partial charge is 0.542 e. The number of fused-ring (bicyclic) bond motifs is 2. The van der Waals surface area contributed by atoms with Gasteiger partial charge in [-0.05, 0) is 36.4 Å². The summed E-state index contributed by atoms with van der Waals surface area (Å²) in [6.45, 7) is 0.765. The second kappa shape index (κ2) is 8.83. The van der Waals surface area contributed by atoms with Crippen LogP contribution < -0.4 is 29.2 Å². The smallest absolute Gasteiger partial charge is 0.146 e. The van der Waals surface area contributed by atoms with Crippen molar-refractivity contribution in [1.82, 2.24) is 0 Å². The monoisotopic (exact) mass is 422 g/mol. The van der Waals surface area contributed by atoms with E-state index in [-0.39, 0.29) is 11.5 Å². The van der Waals surface area contributed by atoms with E-state index in [1.165, 1.54) is 12.2 Å². The minimum Gasteiger partial charge on any atom is -0.542 e. The van der Waals surface area contributed by atoms with Gasteiger partial charge >= 0.3 is 0 Å². The molecule has 0 saturated heterocycles. The van der Waals surface area contributed by atoms with E-state index in [9.17, 15) is 19.8 Å². The normalized spacial score (nSPS) is 14.1. The van der Waals surface area contributed by atoms with Gasteiger partial charge in [0.25, 0.3) is 0 Å². The lowest BCUT2D eigenvalue weighted by atomic mass is 10.1. The SMILES string of the molecule is O=C([O-])C1=CCc2c(OCCCOc3cccc4c3CC=C(C(=O)[O-])O4)cccc2O1. The van der Waals surface area contributed by atoms with Gasteiger partial charge in [0.05, 0.1) is 13.2 Å². The van der Waals surface area contributed by atoms with E-state index in [1.807, 2.05) is 0 Å². The predicted octanol–water partition coefficient (Wildman–Crippen LogP) is 0.672. The van der Waals surface area contributed by atoms with Gasteiger partial charge in [0.1, 0.15) is 46.5 Å². The van der Waals surface area contributed by atoms with Crippen LogP contribution in [-0.2, 0) is 22.4 Å². The van der Waals surface area contributed by atoms with Crippen LogP contribution in [-0.4, -0.2) is 25.2 Å². The van der Waals surface area contributed by atoms with E-state index in [2.05, 4.69) is 0 Å². The summed E-state index contributed by atoms with van der Waals surface area (Å²) in [4.78, 5) is 21.9. The first kappa shape index (κ1) is 20.3. The van der Waals surface area contributed by atoms with Crippen LogP contribution in [0.1, 0.15) is 17.5 Å². The maximum Gasteiger partial charge on any atom is 0.146 e. The van der Waals surface area contributed by atoms with Gasteiger partial charge in [-0.15, -0.1) is 0 Å². The molecule has 0 unspecified atom stereocenters. The molecule has 2 heterocycles. The van der Waals surface area contributed by atoms with Crippen LogP contribution in [0.25, 0.3) is 0 Å². The molecule has 0 bridgehead atoms. The Labute approximate surface area is 177 Å². The lowest BCUT2D eigenvalue weighted by Gasteiger charge is -2.21. The van der Waals surface area contributed by atoms with Crippen LogP contribution in [0, 0.1) is 0 Å². The van der Waals surface area contributed by atoms with E-state index in [0.717, 1.165) is 11.1 Å². The van der Waals surface area contributed by atoms with Crippen LogP contribution in [0.3, 0.4) is 0 Å². The zero-order valence-electron chi connectivity index (χ0n) is 16.4. The van der Waals surface area contributed by atoms with E-state index in [1.54, 1.807) is 36.4 Å². The number of aliphatic carboxylic acids is 2. The van der Waals surface area contributed by atoms with Gasteiger partial charge in [-0.1, -0.05) is 12.1 Å². The summed E-state index contributed by atoms with van der Waals surface area (Å²) in [5, 5.41) is 21.9. The van der Waals surface area contributed by atoms with Gasteiger partial charge in [0.2, 0.25) is 0 Å². The number of hydrogen-bond acceptors (Lipinski definition) is 8. The number of ether oxygens (including phenoxy) is 4. The predicted molar refractivity (Wildman–Crippen MR) is 103 cm³/mol. The Hall–Kier alpha value is -3.94. The molecule has 0 N–H and O–H groups in total. The molecule has 2 aliphatic rings. The number of rotatable bonds is 8. The zero-order chi connectivity index (χ0) is 21.8. The van der Waals surface area contributed by atoms with Gasteiger partial charge in [0.15, 0.2) is 0 Å². The molecule has 160 valence electrons. The molecule has 8 heteroatoms. The van der Waals surface area contributed by atoms with Crippen molar-refractivity contribution >= 4 is 11.9 Å². The zero-order valence-corrected chi connectivity index (χ0v) is 16.4. The van der Waals surface area contributed by atoms with E-state index >= 15 is 0 Å². The maximum atomic E-state index is 11.0. The molecule has 0 radical (unpaired) electrons. The number of allylic oxidation sites excluding steroid dienone is 2. The quantitative estimate of drug-likeness (QED) is 0.570. The number of benzene rings is 2. The average Bonchev–Trinajstić information content (AvgIpc) is 2.78. The fourth-order valence-corrected chi connectivity index (χ4v) is 3.34. The van der Waals surface area contributed by atoms with Crippen molar-refractivity contribution in [2.75, 3.05) is 13.2 Å². The summed E-state index contributed by atoms with van der Waals surface area (Å²) in [6.07, 6.45) is 4.25. The molecule has 2 aromatic carbocycles. The third-order valence-electron chi connectivity index (χ3n) is 4.81. The average molecular weight is 422 g/mol. The van der Waals surface area contributed by atoms with Crippen LogP contribution in [0.15, 0.2) is 60.1 Å². The van der Waals surface area contributed by atoms with Crippen molar-refractivity contribution in [3.63, 3.8) is 0 Å². The summed E-state index contributed by atoms with van der Waals surface area (Å²) < 4.78 is 22.3. The van der Waals surface area contributed by atoms with Crippen molar-refractivity contribution < 1.29 is 38.7 Å². The lowest BCUT2D eigenvalue weighted by Crippen LogP contribution is -2.28. The second-order valence-electron chi connectivity index (χ2n) is 6.84. The summed E-state index contributed by atoms with van der Waals surface area (Å²) in [7, 11) is 0. The Morgan fingerprint density at radius 2 is 1.23 bits per heavy atom. The second-order valence-corrected chi connectivity index (χ2v) is 6.84. The minimum atomic E-state index is -1.35.